The fourth-order valence-electron chi connectivity index (χ4n) is 5.20. The topological polar surface area (TPSA) is 144 Å². The number of carbonyl (C=O) groups is 1. The van der Waals surface area contributed by atoms with Crippen LogP contribution >= 0.6 is 0 Å². The predicted octanol–water partition coefficient (Wildman–Crippen LogP) is 4.47. The van der Waals surface area contributed by atoms with Crippen LogP contribution in [-0.4, -0.2) is 64.5 Å². The number of nitrogens with zero attached hydrogens (tertiary/aromatic N) is 4. The number of sulfonamides is 1. The Morgan fingerprint density at radius 1 is 1.02 bits per heavy atom. The maximum atomic E-state index is 14.6. The molecule has 0 saturated carbocycles. The summed E-state index contributed by atoms with van der Waals surface area (Å²) in [5.41, 5.74) is -1.86. The Morgan fingerprint density at radius 3 is 2.29 bits per heavy atom. The number of nitro groups is 1. The van der Waals surface area contributed by atoms with Crippen LogP contribution in [0.15, 0.2) is 74.8 Å². The molecular weight excluding hydrogens is 614 g/mol. The molecule has 1 fully saturated rings. The number of carbonyl (C=O) groups excluding carboxylic acids is 1. The van der Waals surface area contributed by atoms with Gasteiger partial charge in [0, 0.05) is 56.5 Å². The second-order valence-corrected chi connectivity index (χ2v) is 12.3. The highest BCUT2D eigenvalue weighted by Crippen LogP contribution is 2.39. The first-order valence-corrected chi connectivity index (χ1v) is 15.1. The van der Waals surface area contributed by atoms with Crippen LogP contribution in [0.25, 0.3) is 11.0 Å². The molecule has 2 heterocycles. The molecule has 45 heavy (non-hydrogen) atoms. The molecule has 0 N–H and O–H groups in total. The maximum absolute atomic E-state index is 14.6. The number of morpholine rings is 1. The molecule has 1 aliphatic rings. The van der Waals surface area contributed by atoms with Crippen molar-refractivity contribution in [2.24, 2.45) is 0 Å². The molecule has 4 aromatic rings. The number of hydrogen-bond donors (Lipinski definition) is 0. The quantitative estimate of drug-likeness (QED) is 0.201. The zero-order chi connectivity index (χ0) is 32.6. The van der Waals surface area contributed by atoms with E-state index in [0.717, 1.165) is 24.3 Å². The molecule has 1 amide bonds. The second-order valence-electron chi connectivity index (χ2n) is 10.5. The van der Waals surface area contributed by atoms with E-state index in [4.69, 9.17) is 9.15 Å². The normalized spacial score (nSPS) is 14.3. The lowest BCUT2D eigenvalue weighted by atomic mass is 9.99. The van der Waals surface area contributed by atoms with Crippen molar-refractivity contribution in [3.05, 3.63) is 104 Å². The molecular formula is C30H28F2N4O8S. The van der Waals surface area contributed by atoms with Gasteiger partial charge in [0.05, 0.1) is 35.3 Å². The Hall–Kier alpha value is -4.89. The van der Waals surface area contributed by atoms with Gasteiger partial charge >= 0.3 is 0 Å². The summed E-state index contributed by atoms with van der Waals surface area (Å²) >= 11 is 0. The molecule has 12 nitrogen and oxygen atoms in total. The van der Waals surface area contributed by atoms with Crippen LogP contribution in [0.1, 0.15) is 28.9 Å². The Labute approximate surface area is 256 Å². The number of hydrogen-bond acceptors (Lipinski definition) is 9. The molecule has 15 heteroatoms. The minimum absolute atomic E-state index is 0.00302. The molecule has 0 aliphatic carbocycles. The Bertz CT molecular complexity index is 1960. The van der Waals surface area contributed by atoms with Gasteiger partial charge in [-0.1, -0.05) is 12.1 Å². The highest BCUT2D eigenvalue weighted by Gasteiger charge is 2.37. The van der Waals surface area contributed by atoms with Gasteiger partial charge in [-0.2, -0.15) is 0 Å². The van der Waals surface area contributed by atoms with Gasteiger partial charge in [-0.25, -0.2) is 17.2 Å². The second kappa shape index (κ2) is 12.2. The summed E-state index contributed by atoms with van der Waals surface area (Å²) in [7, 11) is -1.98. The van der Waals surface area contributed by atoms with Crippen molar-refractivity contribution in [3.63, 3.8) is 0 Å². The Morgan fingerprint density at radius 2 is 1.67 bits per heavy atom. The van der Waals surface area contributed by atoms with Crippen molar-refractivity contribution in [1.82, 2.24) is 4.90 Å². The molecule has 236 valence electrons. The standard InChI is InChI=1S/C30H28F2N4O8S/c1-18(35(22-15-20(31)14-21(32)16-22)45(41,42)27-7-5-4-6-25(27)36(39)40)23-12-19(30(38)33(2)3)13-24-26(37)17-28(44-29(23)24)34-8-10-43-11-9-34/h4-7,12-18H,8-11H2,1-3H3/t18-/m1/s1. The molecule has 1 aromatic heterocycles. The molecule has 1 aliphatic heterocycles. The van der Waals surface area contributed by atoms with Gasteiger partial charge < -0.3 is 19.0 Å². The average molecular weight is 643 g/mol. The van der Waals surface area contributed by atoms with Crippen molar-refractivity contribution < 1.29 is 36.1 Å². The molecule has 1 saturated heterocycles. The number of rotatable bonds is 8. The largest absolute Gasteiger partial charge is 0.440 e. The van der Waals surface area contributed by atoms with Crippen molar-refractivity contribution in [2.45, 2.75) is 17.9 Å². The summed E-state index contributed by atoms with van der Waals surface area (Å²) in [5.74, 6) is -2.57. The summed E-state index contributed by atoms with van der Waals surface area (Å²) in [5, 5.41) is 11.8. The molecule has 0 spiro atoms. The van der Waals surface area contributed by atoms with E-state index in [0.29, 0.717) is 36.7 Å². The lowest BCUT2D eigenvalue weighted by Crippen LogP contribution is -2.37. The first-order chi connectivity index (χ1) is 21.3. The van der Waals surface area contributed by atoms with E-state index in [1.165, 1.54) is 56.3 Å². The van der Waals surface area contributed by atoms with E-state index in [-0.39, 0.29) is 28.0 Å². The van der Waals surface area contributed by atoms with Crippen LogP contribution in [0.4, 0.5) is 26.0 Å². The van der Waals surface area contributed by atoms with Crippen LogP contribution in [0, 0.1) is 21.7 Å². The van der Waals surface area contributed by atoms with Crippen molar-refractivity contribution in [1.29, 1.82) is 0 Å². The number of nitro benzene ring substituents is 1. The van der Waals surface area contributed by atoms with E-state index in [9.17, 15) is 36.9 Å². The molecule has 0 unspecified atom stereocenters. The Kier molecular flexibility index (Phi) is 8.58. The molecule has 0 bridgehead atoms. The van der Waals surface area contributed by atoms with E-state index in [1.807, 2.05) is 0 Å². The summed E-state index contributed by atoms with van der Waals surface area (Å²) in [6.45, 7) is 2.90. The van der Waals surface area contributed by atoms with E-state index < -0.39 is 60.2 Å². The maximum Gasteiger partial charge on any atom is 0.289 e. The molecule has 3 aromatic carbocycles. The summed E-state index contributed by atoms with van der Waals surface area (Å²) < 4.78 is 70.0. The van der Waals surface area contributed by atoms with Crippen molar-refractivity contribution in [2.75, 3.05) is 49.6 Å². The van der Waals surface area contributed by atoms with Crippen LogP contribution in [0.5, 0.6) is 0 Å². The fraction of sp³-hybridized carbons (Fsp3) is 0.267. The van der Waals surface area contributed by atoms with E-state index >= 15 is 0 Å². The third kappa shape index (κ3) is 6.08. The third-order valence-corrected chi connectivity index (χ3v) is 9.27. The summed E-state index contributed by atoms with van der Waals surface area (Å²) in [4.78, 5) is 39.8. The van der Waals surface area contributed by atoms with E-state index in [2.05, 4.69) is 0 Å². The number of anilines is 2. The smallest absolute Gasteiger partial charge is 0.289 e. The van der Waals surface area contributed by atoms with Gasteiger partial charge in [-0.15, -0.1) is 0 Å². The zero-order valence-corrected chi connectivity index (χ0v) is 25.2. The first kappa shape index (κ1) is 31.5. The van der Waals surface area contributed by atoms with Crippen molar-refractivity contribution >= 4 is 44.2 Å². The Balaban J connectivity index is 1.83. The molecule has 0 radical (unpaired) electrons. The van der Waals surface area contributed by atoms with Gasteiger partial charge in [-0.05, 0) is 37.3 Å². The minimum atomic E-state index is -4.95. The number of halogens is 2. The number of benzene rings is 3. The fourth-order valence-corrected chi connectivity index (χ4v) is 6.98. The highest BCUT2D eigenvalue weighted by molar-refractivity contribution is 7.93. The van der Waals surface area contributed by atoms with Gasteiger partial charge in [0.1, 0.15) is 17.2 Å². The molecule has 1 atom stereocenters. The number of fused-ring (bicyclic) bond motifs is 1. The van der Waals surface area contributed by atoms with Crippen LogP contribution in [0.3, 0.4) is 0 Å². The zero-order valence-electron chi connectivity index (χ0n) is 24.4. The first-order valence-electron chi connectivity index (χ1n) is 13.7. The minimum Gasteiger partial charge on any atom is -0.440 e. The SMILES string of the molecule is C[C@H](c1cc(C(=O)N(C)C)cc2c(=O)cc(N3CCOCC3)oc12)N(c1cc(F)cc(F)c1)S(=O)(=O)c1ccccc1[N+](=O)[O-]. The number of ether oxygens (including phenoxy) is 1. The summed E-state index contributed by atoms with van der Waals surface area (Å²) in [6.07, 6.45) is 0. The monoisotopic (exact) mass is 642 g/mol. The van der Waals surface area contributed by atoms with Crippen LogP contribution in [0.2, 0.25) is 0 Å². The lowest BCUT2D eigenvalue weighted by Gasteiger charge is -2.32. The van der Waals surface area contributed by atoms with Gasteiger partial charge in [0.2, 0.25) is 0 Å². The van der Waals surface area contributed by atoms with E-state index in [1.54, 1.807) is 4.90 Å². The van der Waals surface area contributed by atoms with Gasteiger partial charge in [-0.3, -0.25) is 24.0 Å². The average Bonchev–Trinajstić information content (AvgIpc) is 3.00. The van der Waals surface area contributed by atoms with Gasteiger partial charge in [0.15, 0.2) is 16.2 Å². The molecule has 5 rings (SSSR count). The lowest BCUT2D eigenvalue weighted by molar-refractivity contribution is -0.387. The van der Waals surface area contributed by atoms with Gasteiger partial charge in [0.25, 0.3) is 21.6 Å². The third-order valence-electron chi connectivity index (χ3n) is 7.32. The van der Waals surface area contributed by atoms with Crippen molar-refractivity contribution in [3.8, 4) is 0 Å². The number of amides is 1. The van der Waals surface area contributed by atoms with Crippen LogP contribution in [-0.2, 0) is 14.8 Å². The summed E-state index contributed by atoms with van der Waals surface area (Å²) in [6, 6.07) is 9.09. The number of para-hydroxylation sites is 1. The van der Waals surface area contributed by atoms with Crippen LogP contribution < -0.4 is 14.6 Å². The highest BCUT2D eigenvalue weighted by atomic mass is 32.2. The predicted molar refractivity (Wildman–Crippen MR) is 161 cm³/mol.